The lowest BCUT2D eigenvalue weighted by atomic mass is 10.2. The summed E-state index contributed by atoms with van der Waals surface area (Å²) in [6.45, 7) is 4.92. The third-order valence-corrected chi connectivity index (χ3v) is 1.88. The van der Waals surface area contributed by atoms with E-state index in [-0.39, 0.29) is 0 Å². The van der Waals surface area contributed by atoms with Gasteiger partial charge in [0.05, 0.1) is 11.1 Å². The van der Waals surface area contributed by atoms with Crippen LogP contribution in [0.25, 0.3) is 0 Å². The van der Waals surface area contributed by atoms with Gasteiger partial charge in [0.25, 0.3) is 0 Å². The van der Waals surface area contributed by atoms with Gasteiger partial charge in [0.15, 0.2) is 0 Å². The van der Waals surface area contributed by atoms with Crippen molar-refractivity contribution in [3.63, 3.8) is 0 Å². The molecule has 1 rings (SSSR count). The van der Waals surface area contributed by atoms with E-state index in [9.17, 15) is 0 Å². The van der Waals surface area contributed by atoms with Crippen molar-refractivity contribution < 1.29 is 4.74 Å². The fourth-order valence-electron chi connectivity index (χ4n) is 0.723. The molecule has 0 N–H and O–H groups in total. The van der Waals surface area contributed by atoms with Crippen LogP contribution in [0, 0.1) is 5.92 Å². The molecular weight excluding hydrogens is 218 g/mol. The number of pyridine rings is 1. The molecule has 1 aromatic heterocycles. The van der Waals surface area contributed by atoms with E-state index in [1.165, 1.54) is 0 Å². The van der Waals surface area contributed by atoms with Gasteiger partial charge in [-0.3, -0.25) is 0 Å². The lowest BCUT2D eigenvalue weighted by molar-refractivity contribution is 0.259. The summed E-state index contributed by atoms with van der Waals surface area (Å²) in [4.78, 5) is 4.08. The maximum atomic E-state index is 5.44. The van der Waals surface area contributed by atoms with Gasteiger partial charge in [-0.1, -0.05) is 13.8 Å². The SMILES string of the molecule is CC(C)COc1ncccc1Br. The molecule has 0 aliphatic rings. The first-order valence-electron chi connectivity index (χ1n) is 3.93. The lowest BCUT2D eigenvalue weighted by Crippen LogP contribution is -2.05. The normalized spacial score (nSPS) is 10.3. The van der Waals surface area contributed by atoms with E-state index in [1.54, 1.807) is 6.20 Å². The molecule has 0 unspecified atom stereocenters. The summed E-state index contributed by atoms with van der Waals surface area (Å²) in [7, 11) is 0. The maximum absolute atomic E-state index is 5.44. The van der Waals surface area contributed by atoms with Crippen molar-refractivity contribution in [2.45, 2.75) is 13.8 Å². The van der Waals surface area contributed by atoms with Gasteiger partial charge in [-0.25, -0.2) is 4.98 Å². The fraction of sp³-hybridized carbons (Fsp3) is 0.444. The first kappa shape index (κ1) is 9.52. The molecule has 0 radical (unpaired) electrons. The lowest BCUT2D eigenvalue weighted by Gasteiger charge is -2.08. The van der Waals surface area contributed by atoms with Crippen molar-refractivity contribution in [1.82, 2.24) is 4.98 Å². The van der Waals surface area contributed by atoms with Crippen LogP contribution in [0.2, 0.25) is 0 Å². The van der Waals surface area contributed by atoms with Crippen LogP contribution in [-0.4, -0.2) is 11.6 Å². The molecule has 3 heteroatoms. The molecule has 0 saturated heterocycles. The minimum absolute atomic E-state index is 0.527. The highest BCUT2D eigenvalue weighted by Gasteiger charge is 2.01. The third-order valence-electron chi connectivity index (χ3n) is 1.28. The Balaban J connectivity index is 2.57. The molecule has 0 aliphatic carbocycles. The zero-order chi connectivity index (χ0) is 8.97. The van der Waals surface area contributed by atoms with Gasteiger partial charge < -0.3 is 4.74 Å². The van der Waals surface area contributed by atoms with E-state index in [4.69, 9.17) is 4.74 Å². The quantitative estimate of drug-likeness (QED) is 0.796. The fourth-order valence-corrected chi connectivity index (χ4v) is 1.09. The van der Waals surface area contributed by atoms with E-state index in [0.29, 0.717) is 18.4 Å². The first-order chi connectivity index (χ1) is 5.70. The average molecular weight is 230 g/mol. The molecular formula is C9H12BrNO. The highest BCUT2D eigenvalue weighted by molar-refractivity contribution is 9.10. The zero-order valence-corrected chi connectivity index (χ0v) is 8.84. The average Bonchev–Trinajstić information content (AvgIpc) is 2.03. The van der Waals surface area contributed by atoms with Crippen LogP contribution in [0.5, 0.6) is 5.88 Å². The molecule has 0 atom stereocenters. The van der Waals surface area contributed by atoms with Crippen molar-refractivity contribution in [1.29, 1.82) is 0 Å². The van der Waals surface area contributed by atoms with Crippen LogP contribution in [0.3, 0.4) is 0 Å². The van der Waals surface area contributed by atoms with Crippen molar-refractivity contribution in [3.05, 3.63) is 22.8 Å². The van der Waals surface area contributed by atoms with Crippen LogP contribution in [0.15, 0.2) is 22.8 Å². The van der Waals surface area contributed by atoms with Gasteiger partial charge in [-0.05, 0) is 34.0 Å². The van der Waals surface area contributed by atoms with E-state index in [0.717, 1.165) is 4.47 Å². The second-order valence-corrected chi connectivity index (χ2v) is 3.85. The second-order valence-electron chi connectivity index (χ2n) is 3.00. The highest BCUT2D eigenvalue weighted by atomic mass is 79.9. The van der Waals surface area contributed by atoms with Crippen LogP contribution < -0.4 is 4.74 Å². The maximum Gasteiger partial charge on any atom is 0.227 e. The number of hydrogen-bond acceptors (Lipinski definition) is 2. The van der Waals surface area contributed by atoms with Crippen molar-refractivity contribution in [3.8, 4) is 5.88 Å². The summed E-state index contributed by atoms with van der Waals surface area (Å²) in [6.07, 6.45) is 1.72. The summed E-state index contributed by atoms with van der Waals surface area (Å²) < 4.78 is 6.35. The smallest absolute Gasteiger partial charge is 0.227 e. The zero-order valence-electron chi connectivity index (χ0n) is 7.25. The summed E-state index contributed by atoms with van der Waals surface area (Å²) in [5.74, 6) is 1.20. The molecule has 0 amide bonds. The Morgan fingerprint density at radius 1 is 1.58 bits per heavy atom. The standard InChI is InChI=1S/C9H12BrNO/c1-7(2)6-12-9-8(10)4-3-5-11-9/h3-5,7H,6H2,1-2H3. The number of ether oxygens (including phenoxy) is 1. The molecule has 0 aliphatic heterocycles. The molecule has 12 heavy (non-hydrogen) atoms. The second kappa shape index (κ2) is 4.45. The molecule has 0 spiro atoms. The Hall–Kier alpha value is -0.570. The predicted molar refractivity (Wildman–Crippen MR) is 52.3 cm³/mol. The van der Waals surface area contributed by atoms with Gasteiger partial charge >= 0.3 is 0 Å². The molecule has 0 bridgehead atoms. The summed E-state index contributed by atoms with van der Waals surface area (Å²) in [5, 5.41) is 0. The van der Waals surface area contributed by atoms with E-state index >= 15 is 0 Å². The van der Waals surface area contributed by atoms with Crippen LogP contribution in [-0.2, 0) is 0 Å². The van der Waals surface area contributed by atoms with E-state index in [1.807, 2.05) is 12.1 Å². The van der Waals surface area contributed by atoms with Gasteiger partial charge in [0, 0.05) is 6.20 Å². The van der Waals surface area contributed by atoms with Crippen LogP contribution in [0.1, 0.15) is 13.8 Å². The number of nitrogens with zero attached hydrogens (tertiary/aromatic N) is 1. The number of rotatable bonds is 3. The minimum Gasteiger partial charge on any atom is -0.477 e. The first-order valence-corrected chi connectivity index (χ1v) is 4.72. The molecule has 0 saturated carbocycles. The van der Waals surface area contributed by atoms with Gasteiger partial charge in [0.2, 0.25) is 5.88 Å². The molecule has 66 valence electrons. The largest absolute Gasteiger partial charge is 0.477 e. The van der Waals surface area contributed by atoms with Crippen molar-refractivity contribution >= 4 is 15.9 Å². The Morgan fingerprint density at radius 2 is 2.33 bits per heavy atom. The Morgan fingerprint density at radius 3 is 2.92 bits per heavy atom. The van der Waals surface area contributed by atoms with Crippen molar-refractivity contribution in [2.75, 3.05) is 6.61 Å². The van der Waals surface area contributed by atoms with E-state index in [2.05, 4.69) is 34.8 Å². The molecule has 1 heterocycles. The summed E-state index contributed by atoms with van der Waals surface area (Å²) in [6, 6.07) is 3.79. The van der Waals surface area contributed by atoms with E-state index < -0.39 is 0 Å². The van der Waals surface area contributed by atoms with Gasteiger partial charge in [0.1, 0.15) is 0 Å². The van der Waals surface area contributed by atoms with Gasteiger partial charge in [-0.15, -0.1) is 0 Å². The number of hydrogen-bond donors (Lipinski definition) is 0. The number of aromatic nitrogens is 1. The Kier molecular flexibility index (Phi) is 3.53. The Labute approximate surface area is 81.1 Å². The number of halogens is 1. The highest BCUT2D eigenvalue weighted by Crippen LogP contribution is 2.20. The van der Waals surface area contributed by atoms with Crippen LogP contribution in [0.4, 0.5) is 0 Å². The molecule has 1 aromatic rings. The predicted octanol–water partition coefficient (Wildman–Crippen LogP) is 2.88. The third kappa shape index (κ3) is 2.81. The monoisotopic (exact) mass is 229 g/mol. The molecule has 2 nitrogen and oxygen atoms in total. The molecule has 0 fully saturated rings. The van der Waals surface area contributed by atoms with Crippen molar-refractivity contribution in [2.24, 2.45) is 5.92 Å². The Bertz CT molecular complexity index is 250. The minimum atomic E-state index is 0.527. The molecule has 0 aromatic carbocycles. The van der Waals surface area contributed by atoms with Gasteiger partial charge in [-0.2, -0.15) is 0 Å². The summed E-state index contributed by atoms with van der Waals surface area (Å²) >= 11 is 3.36. The topological polar surface area (TPSA) is 22.1 Å². The van der Waals surface area contributed by atoms with Crippen LogP contribution >= 0.6 is 15.9 Å². The summed E-state index contributed by atoms with van der Waals surface area (Å²) in [5.41, 5.74) is 0.